The second-order valence-corrected chi connectivity index (χ2v) is 6.24. The molecule has 0 bridgehead atoms. The van der Waals surface area contributed by atoms with Gasteiger partial charge in [-0.15, -0.1) is 12.4 Å². The van der Waals surface area contributed by atoms with E-state index in [9.17, 15) is 4.79 Å². The van der Waals surface area contributed by atoms with Crippen molar-refractivity contribution >= 4 is 18.3 Å². The number of nitrogens with one attached hydrogen (secondary N) is 1. The third-order valence-corrected chi connectivity index (χ3v) is 4.86. The Morgan fingerprint density at radius 2 is 1.77 bits per heavy atom. The van der Waals surface area contributed by atoms with Crippen LogP contribution in [-0.4, -0.2) is 19.0 Å². The Morgan fingerprint density at radius 1 is 1.18 bits per heavy atom. The minimum Gasteiger partial charge on any atom is -0.355 e. The summed E-state index contributed by atoms with van der Waals surface area (Å²) in [6.45, 7) is 3.44. The van der Waals surface area contributed by atoms with Crippen molar-refractivity contribution in [1.29, 1.82) is 0 Å². The van der Waals surface area contributed by atoms with Crippen LogP contribution in [0.2, 0.25) is 0 Å². The Kier molecular flexibility index (Phi) is 8.51. The standard InChI is InChI=1S/C18H28N2O.ClH/c1-2-14-8-10-15(11-9-14)13-20-18(21)17(12-19)16-6-4-3-5-7-16;/h3-7,14-15,17H,2,8-13,19H2,1H3,(H,20,21);1H. The van der Waals surface area contributed by atoms with E-state index in [2.05, 4.69) is 12.2 Å². The molecule has 0 radical (unpaired) electrons. The minimum absolute atomic E-state index is 0. The number of amides is 1. The number of carbonyl (C=O) groups is 1. The molecule has 1 atom stereocenters. The smallest absolute Gasteiger partial charge is 0.228 e. The summed E-state index contributed by atoms with van der Waals surface area (Å²) in [5.41, 5.74) is 6.80. The molecule has 1 saturated carbocycles. The summed E-state index contributed by atoms with van der Waals surface area (Å²) >= 11 is 0. The Morgan fingerprint density at radius 3 is 2.32 bits per heavy atom. The van der Waals surface area contributed by atoms with Crippen molar-refractivity contribution in [3.63, 3.8) is 0 Å². The highest BCUT2D eigenvalue weighted by Crippen LogP contribution is 2.30. The fraction of sp³-hybridized carbons (Fsp3) is 0.611. The van der Waals surface area contributed by atoms with Crippen molar-refractivity contribution in [2.24, 2.45) is 17.6 Å². The van der Waals surface area contributed by atoms with Crippen LogP contribution in [0.4, 0.5) is 0 Å². The van der Waals surface area contributed by atoms with E-state index in [1.165, 1.54) is 32.1 Å². The molecule has 3 N–H and O–H groups in total. The average molecular weight is 325 g/mol. The number of benzene rings is 1. The number of halogens is 1. The molecule has 3 nitrogen and oxygen atoms in total. The van der Waals surface area contributed by atoms with E-state index in [4.69, 9.17) is 5.73 Å². The van der Waals surface area contributed by atoms with Gasteiger partial charge in [-0.1, -0.05) is 56.5 Å². The largest absolute Gasteiger partial charge is 0.355 e. The average Bonchev–Trinajstić information content (AvgIpc) is 2.55. The monoisotopic (exact) mass is 324 g/mol. The lowest BCUT2D eigenvalue weighted by Gasteiger charge is -2.28. The van der Waals surface area contributed by atoms with E-state index in [1.54, 1.807) is 0 Å². The lowest BCUT2D eigenvalue weighted by atomic mass is 9.81. The van der Waals surface area contributed by atoms with Gasteiger partial charge in [0.05, 0.1) is 5.92 Å². The van der Waals surface area contributed by atoms with Crippen LogP contribution in [0.1, 0.15) is 50.5 Å². The molecule has 1 aliphatic carbocycles. The maximum atomic E-state index is 12.3. The second-order valence-electron chi connectivity index (χ2n) is 6.24. The van der Waals surface area contributed by atoms with Gasteiger partial charge in [0, 0.05) is 13.1 Å². The SMILES string of the molecule is CCC1CCC(CNC(=O)C(CN)c2ccccc2)CC1.Cl. The van der Waals surface area contributed by atoms with Crippen LogP contribution in [0.5, 0.6) is 0 Å². The molecule has 2 rings (SSSR count). The zero-order valence-electron chi connectivity index (χ0n) is 13.5. The van der Waals surface area contributed by atoms with E-state index in [0.717, 1.165) is 18.0 Å². The molecule has 1 aromatic rings. The van der Waals surface area contributed by atoms with Crippen LogP contribution < -0.4 is 11.1 Å². The van der Waals surface area contributed by atoms with Gasteiger partial charge in [0.15, 0.2) is 0 Å². The van der Waals surface area contributed by atoms with E-state index < -0.39 is 0 Å². The van der Waals surface area contributed by atoms with Crippen LogP contribution in [0.15, 0.2) is 30.3 Å². The van der Waals surface area contributed by atoms with E-state index in [1.807, 2.05) is 30.3 Å². The zero-order chi connectivity index (χ0) is 15.1. The first kappa shape index (κ1) is 19.0. The van der Waals surface area contributed by atoms with Crippen molar-refractivity contribution in [3.05, 3.63) is 35.9 Å². The molecule has 0 aliphatic heterocycles. The summed E-state index contributed by atoms with van der Waals surface area (Å²) in [5.74, 6) is 1.39. The Hall–Kier alpha value is -1.06. The Labute approximate surface area is 140 Å². The second kappa shape index (κ2) is 9.86. The predicted molar refractivity (Wildman–Crippen MR) is 94.2 cm³/mol. The van der Waals surface area contributed by atoms with E-state index in [-0.39, 0.29) is 24.2 Å². The highest BCUT2D eigenvalue weighted by molar-refractivity contribution is 5.85. The molecule has 1 unspecified atom stereocenters. The van der Waals surface area contributed by atoms with Crippen LogP contribution in [0.3, 0.4) is 0 Å². The quantitative estimate of drug-likeness (QED) is 0.841. The first-order valence-corrected chi connectivity index (χ1v) is 8.27. The van der Waals surface area contributed by atoms with Crippen molar-refractivity contribution < 1.29 is 4.79 Å². The molecule has 1 aromatic carbocycles. The summed E-state index contributed by atoms with van der Waals surface area (Å²) in [6, 6.07) is 9.82. The molecule has 22 heavy (non-hydrogen) atoms. The highest BCUT2D eigenvalue weighted by Gasteiger charge is 2.23. The molecular weight excluding hydrogens is 296 g/mol. The first-order valence-electron chi connectivity index (χ1n) is 8.27. The topological polar surface area (TPSA) is 55.1 Å². The minimum atomic E-state index is -0.224. The van der Waals surface area contributed by atoms with Gasteiger partial charge in [-0.25, -0.2) is 0 Å². The Balaban J connectivity index is 0.00000242. The highest BCUT2D eigenvalue weighted by atomic mass is 35.5. The first-order chi connectivity index (χ1) is 10.2. The predicted octanol–water partition coefficient (Wildman–Crippen LogP) is 3.48. The van der Waals surface area contributed by atoms with Crippen molar-refractivity contribution in [3.8, 4) is 0 Å². The van der Waals surface area contributed by atoms with Gasteiger partial charge in [0.2, 0.25) is 5.91 Å². The molecule has 1 fully saturated rings. The number of hydrogen-bond acceptors (Lipinski definition) is 2. The summed E-state index contributed by atoms with van der Waals surface area (Å²) in [7, 11) is 0. The van der Waals surface area contributed by atoms with Crippen LogP contribution in [0.25, 0.3) is 0 Å². The molecule has 1 aliphatic rings. The van der Waals surface area contributed by atoms with Crippen LogP contribution in [0, 0.1) is 11.8 Å². The molecule has 0 aromatic heterocycles. The van der Waals surface area contributed by atoms with E-state index >= 15 is 0 Å². The summed E-state index contributed by atoms with van der Waals surface area (Å²) in [6.07, 6.45) is 6.42. The Bertz CT molecular complexity index is 430. The van der Waals surface area contributed by atoms with E-state index in [0.29, 0.717) is 12.5 Å². The molecule has 1 amide bonds. The van der Waals surface area contributed by atoms with Crippen molar-refractivity contribution in [1.82, 2.24) is 5.32 Å². The van der Waals surface area contributed by atoms with Crippen LogP contribution >= 0.6 is 12.4 Å². The summed E-state index contributed by atoms with van der Waals surface area (Å²) in [5, 5.41) is 3.12. The third-order valence-electron chi connectivity index (χ3n) is 4.86. The molecule has 0 spiro atoms. The number of carbonyl (C=O) groups excluding carboxylic acids is 1. The van der Waals surface area contributed by atoms with Gasteiger partial charge in [-0.3, -0.25) is 4.79 Å². The number of rotatable bonds is 6. The molecule has 0 heterocycles. The maximum Gasteiger partial charge on any atom is 0.228 e. The lowest BCUT2D eigenvalue weighted by Crippen LogP contribution is -2.37. The number of hydrogen-bond donors (Lipinski definition) is 2. The zero-order valence-corrected chi connectivity index (χ0v) is 14.3. The van der Waals surface area contributed by atoms with Gasteiger partial charge < -0.3 is 11.1 Å². The summed E-state index contributed by atoms with van der Waals surface area (Å²) < 4.78 is 0. The molecular formula is C18H29ClN2O. The van der Waals surface area contributed by atoms with Gasteiger partial charge in [-0.2, -0.15) is 0 Å². The fourth-order valence-corrected chi connectivity index (χ4v) is 3.29. The normalized spacial score (nSPS) is 22.5. The van der Waals surface area contributed by atoms with Crippen molar-refractivity contribution in [2.75, 3.05) is 13.1 Å². The van der Waals surface area contributed by atoms with Gasteiger partial charge in [-0.05, 0) is 30.2 Å². The molecule has 124 valence electrons. The molecule has 0 saturated heterocycles. The fourth-order valence-electron chi connectivity index (χ4n) is 3.29. The van der Waals surface area contributed by atoms with Gasteiger partial charge >= 0.3 is 0 Å². The lowest BCUT2D eigenvalue weighted by molar-refractivity contribution is -0.122. The third kappa shape index (κ3) is 5.29. The van der Waals surface area contributed by atoms with Gasteiger partial charge in [0.25, 0.3) is 0 Å². The van der Waals surface area contributed by atoms with Gasteiger partial charge in [0.1, 0.15) is 0 Å². The maximum absolute atomic E-state index is 12.3. The molecule has 4 heteroatoms. The number of nitrogens with two attached hydrogens (primary N) is 1. The van der Waals surface area contributed by atoms with Crippen molar-refractivity contribution in [2.45, 2.75) is 44.9 Å². The summed E-state index contributed by atoms with van der Waals surface area (Å²) in [4.78, 5) is 12.3. The van der Waals surface area contributed by atoms with Crippen LogP contribution in [-0.2, 0) is 4.79 Å².